The number of carboxylic acid groups (broad SMARTS) is 1. The highest BCUT2D eigenvalue weighted by Crippen LogP contribution is 2.44. The third-order valence-corrected chi connectivity index (χ3v) is 7.77. The van der Waals surface area contributed by atoms with Gasteiger partial charge in [0.1, 0.15) is 18.8 Å². The van der Waals surface area contributed by atoms with E-state index in [1.165, 1.54) is 6.42 Å². The molecule has 0 aliphatic heterocycles. The van der Waals surface area contributed by atoms with Gasteiger partial charge in [0.25, 0.3) is 0 Å². The fourth-order valence-corrected chi connectivity index (χ4v) is 5.33. The molecule has 0 saturated heterocycles. The highest BCUT2D eigenvalue weighted by Gasteiger charge is 2.44. The fraction of sp³-hybridized carbons (Fsp3) is 0.448. The van der Waals surface area contributed by atoms with Crippen molar-refractivity contribution in [2.24, 2.45) is 5.92 Å². The quantitative estimate of drug-likeness (QED) is 0.213. The van der Waals surface area contributed by atoms with E-state index in [0.29, 0.717) is 40.0 Å². The van der Waals surface area contributed by atoms with Gasteiger partial charge in [-0.05, 0) is 42.0 Å². The molecule has 4 rings (SSSR count). The molecule has 1 aliphatic carbocycles. The van der Waals surface area contributed by atoms with Gasteiger partial charge in [0.05, 0.1) is 37.4 Å². The normalized spacial score (nSPS) is 15.8. The Kier molecular flexibility index (Phi) is 11.2. The van der Waals surface area contributed by atoms with Crippen LogP contribution in [0.3, 0.4) is 0 Å². The van der Waals surface area contributed by atoms with E-state index in [9.17, 15) is 5.11 Å². The number of aromatic nitrogens is 1. The number of carbonyl (C=O) groups excluding carboxylic acids is 1. The zero-order valence-corrected chi connectivity index (χ0v) is 23.5. The molecule has 1 heterocycles. The first-order valence-electron chi connectivity index (χ1n) is 12.8. The molecule has 206 valence electrons. The maximum atomic E-state index is 12.0. The smallest absolute Gasteiger partial charge is 0.173 e. The number of aliphatic hydroxyl groups is 1. The lowest BCUT2D eigenvalue weighted by Crippen LogP contribution is -2.41. The number of likely N-dealkylation sites (N-methyl/N-ethyl adjacent to an activating group) is 1. The average molecular weight is 564 g/mol. The number of halogens is 2. The molecule has 1 aromatic heterocycles. The number of carbonyl (C=O) groups is 1. The molecule has 1 aliphatic rings. The first kappa shape index (κ1) is 30.1. The van der Waals surface area contributed by atoms with Crippen LogP contribution in [0, 0.1) is 5.92 Å². The van der Waals surface area contributed by atoms with E-state index in [4.69, 9.17) is 42.4 Å². The van der Waals surface area contributed by atoms with Crippen LogP contribution in [0.2, 0.25) is 10.0 Å². The highest BCUT2D eigenvalue weighted by molar-refractivity contribution is 6.42. The highest BCUT2D eigenvalue weighted by atomic mass is 35.5. The summed E-state index contributed by atoms with van der Waals surface area (Å²) in [4.78, 5) is 8.25. The van der Waals surface area contributed by atoms with Gasteiger partial charge in [0, 0.05) is 12.5 Å². The van der Waals surface area contributed by atoms with Crippen molar-refractivity contribution < 1.29 is 28.8 Å². The Bertz CT molecular complexity index is 1150. The van der Waals surface area contributed by atoms with Gasteiger partial charge in [-0.2, -0.15) is 0 Å². The van der Waals surface area contributed by atoms with Gasteiger partial charge in [-0.15, -0.1) is 0 Å². The minimum atomic E-state index is -1.16. The molecule has 0 amide bonds. The van der Waals surface area contributed by atoms with E-state index < -0.39 is 12.1 Å². The summed E-state index contributed by atoms with van der Waals surface area (Å²) in [7, 11) is 4.28. The molecular weight excluding hydrogens is 527 g/mol. The van der Waals surface area contributed by atoms with E-state index in [2.05, 4.69) is 19.3 Å². The molecule has 1 saturated carbocycles. The van der Waals surface area contributed by atoms with Crippen molar-refractivity contribution in [3.8, 4) is 0 Å². The molecule has 1 N–H and O–H groups in total. The van der Waals surface area contributed by atoms with Gasteiger partial charge < -0.3 is 28.8 Å². The number of quaternary nitrogens is 1. The van der Waals surface area contributed by atoms with Crippen molar-refractivity contribution in [3.05, 3.63) is 87.2 Å². The number of hydrogen-bond donors (Lipinski definition) is 1. The van der Waals surface area contributed by atoms with Crippen LogP contribution in [0.15, 0.2) is 59.1 Å². The summed E-state index contributed by atoms with van der Waals surface area (Å²) in [6.45, 7) is 2.05. The number of benzene rings is 2. The third kappa shape index (κ3) is 8.04. The summed E-state index contributed by atoms with van der Waals surface area (Å²) in [6.07, 6.45) is 5.46. The fourth-order valence-electron chi connectivity index (χ4n) is 5.01. The van der Waals surface area contributed by atoms with Crippen molar-refractivity contribution in [1.82, 2.24) is 5.16 Å². The van der Waals surface area contributed by atoms with Gasteiger partial charge in [0.2, 0.25) is 0 Å². The Hall–Kier alpha value is -2.42. The molecule has 7 nitrogen and oxygen atoms in total. The predicted molar refractivity (Wildman–Crippen MR) is 145 cm³/mol. The maximum absolute atomic E-state index is 12.0. The van der Waals surface area contributed by atoms with Gasteiger partial charge in [-0.25, -0.2) is 0 Å². The summed E-state index contributed by atoms with van der Waals surface area (Å²) in [6, 6.07) is 17.4. The Morgan fingerprint density at radius 1 is 1.11 bits per heavy atom. The first-order valence-corrected chi connectivity index (χ1v) is 13.6. The number of rotatable bonds is 10. The second-order valence-electron chi connectivity index (χ2n) is 10.4. The standard InChI is InChI=1S/C28H35Cl2N2O3.CH2O2/c1-32(2,15-16-34-20-21-13-14-25(29)26(30)17-21)19-24-18-27(35-31-24)28(33,22-9-5-3-6-10-22)23-11-7-4-8-12-23;2-1-3/h3,5-6,9-10,13-14,17-18,23,33H,4,7-8,11-12,15-16,19-20H2,1-2H3;1H,(H,2,3)/q+1;/p-1. The third-order valence-electron chi connectivity index (χ3n) is 7.03. The molecule has 1 atom stereocenters. The van der Waals surface area contributed by atoms with E-state index in [1.54, 1.807) is 6.07 Å². The van der Waals surface area contributed by atoms with Gasteiger partial charge in [-0.1, -0.05) is 84.0 Å². The van der Waals surface area contributed by atoms with Crippen LogP contribution < -0.4 is 5.11 Å². The van der Waals surface area contributed by atoms with Crippen LogP contribution in [-0.4, -0.2) is 48.5 Å². The summed E-state index contributed by atoms with van der Waals surface area (Å²) >= 11 is 12.1. The Labute approximate surface area is 234 Å². The van der Waals surface area contributed by atoms with E-state index in [0.717, 1.165) is 49.0 Å². The van der Waals surface area contributed by atoms with Crippen molar-refractivity contribution >= 4 is 29.7 Å². The largest absolute Gasteiger partial charge is 0.554 e. The maximum Gasteiger partial charge on any atom is 0.173 e. The predicted octanol–water partition coefficient (Wildman–Crippen LogP) is 4.96. The molecular formula is C29H36Cl2N2O5. The zero-order chi connectivity index (χ0) is 27.6. The van der Waals surface area contributed by atoms with Crippen molar-refractivity contribution in [2.75, 3.05) is 27.2 Å². The van der Waals surface area contributed by atoms with Crippen LogP contribution in [0.1, 0.15) is 54.7 Å². The molecule has 3 aromatic rings. The minimum absolute atomic E-state index is 0.122. The van der Waals surface area contributed by atoms with Crippen LogP contribution in [0.25, 0.3) is 0 Å². The van der Waals surface area contributed by atoms with Crippen molar-refractivity contribution in [1.29, 1.82) is 0 Å². The lowest BCUT2D eigenvalue weighted by molar-refractivity contribution is -0.904. The topological polar surface area (TPSA) is 95.6 Å². The number of ether oxygens (including phenoxy) is 1. The zero-order valence-electron chi connectivity index (χ0n) is 21.9. The Morgan fingerprint density at radius 3 is 2.45 bits per heavy atom. The van der Waals surface area contributed by atoms with Crippen LogP contribution >= 0.6 is 23.2 Å². The van der Waals surface area contributed by atoms with Crippen LogP contribution in [0.4, 0.5) is 0 Å². The number of hydrogen-bond acceptors (Lipinski definition) is 6. The van der Waals surface area contributed by atoms with Gasteiger partial charge >= 0.3 is 0 Å². The van der Waals surface area contributed by atoms with E-state index in [1.807, 2.05) is 48.5 Å². The van der Waals surface area contributed by atoms with Gasteiger partial charge in [-0.3, -0.25) is 0 Å². The number of nitrogens with zero attached hydrogens (tertiary/aromatic N) is 2. The monoisotopic (exact) mass is 562 g/mol. The van der Waals surface area contributed by atoms with E-state index >= 15 is 0 Å². The molecule has 9 heteroatoms. The van der Waals surface area contributed by atoms with E-state index in [-0.39, 0.29) is 5.92 Å². The summed E-state index contributed by atoms with van der Waals surface area (Å²) in [5.41, 5.74) is 1.54. The lowest BCUT2D eigenvalue weighted by atomic mass is 9.72. The Morgan fingerprint density at radius 2 is 1.79 bits per heavy atom. The summed E-state index contributed by atoms with van der Waals surface area (Å²) in [5.74, 6) is 0.665. The van der Waals surface area contributed by atoms with Gasteiger partial charge in [0.15, 0.2) is 11.4 Å². The molecule has 38 heavy (non-hydrogen) atoms. The van der Waals surface area contributed by atoms with Crippen molar-refractivity contribution in [3.63, 3.8) is 0 Å². The second-order valence-corrected chi connectivity index (χ2v) is 11.2. The van der Waals surface area contributed by atoms with Crippen LogP contribution in [0.5, 0.6) is 0 Å². The summed E-state index contributed by atoms with van der Waals surface area (Å²) in [5, 5.41) is 25.7. The minimum Gasteiger partial charge on any atom is -0.554 e. The average Bonchev–Trinajstić information content (AvgIpc) is 3.38. The molecule has 1 unspecified atom stereocenters. The first-order chi connectivity index (χ1) is 18.2. The molecule has 1 fully saturated rings. The SMILES string of the molecule is C[N+](C)(CCOCc1ccc(Cl)c(Cl)c1)Cc1cc(C(O)(c2ccccc2)C2CCCCC2)on1.O=C[O-]. The molecule has 0 spiro atoms. The van der Waals surface area contributed by atoms with Crippen LogP contribution in [-0.2, 0) is 28.3 Å². The van der Waals surface area contributed by atoms with Crippen molar-refractivity contribution in [2.45, 2.75) is 50.9 Å². The Balaban J connectivity index is 0.00000127. The molecule has 0 bridgehead atoms. The molecule has 0 radical (unpaired) electrons. The summed E-state index contributed by atoms with van der Waals surface area (Å²) < 4.78 is 12.4. The molecule has 2 aromatic carbocycles. The lowest BCUT2D eigenvalue weighted by Gasteiger charge is -2.37. The second kappa shape index (κ2) is 14.1.